The smallest absolute Gasteiger partial charge is 0.137 e. The van der Waals surface area contributed by atoms with E-state index in [-0.39, 0.29) is 5.54 Å². The minimum atomic E-state index is -0.115. The third-order valence-corrected chi connectivity index (χ3v) is 7.50. The van der Waals surface area contributed by atoms with Gasteiger partial charge in [-0.25, -0.2) is 4.99 Å². The van der Waals surface area contributed by atoms with Crippen molar-refractivity contribution in [3.8, 4) is 6.07 Å². The Morgan fingerprint density at radius 2 is 2.06 bits per heavy atom. The van der Waals surface area contributed by atoms with Crippen LogP contribution in [0.2, 0.25) is 0 Å². The predicted molar refractivity (Wildman–Crippen MR) is 141 cm³/mol. The number of amidine groups is 1. The van der Waals surface area contributed by atoms with E-state index >= 15 is 0 Å². The van der Waals surface area contributed by atoms with Crippen LogP contribution in [-0.4, -0.2) is 58.1 Å². The average molecular weight is 467 g/mol. The van der Waals surface area contributed by atoms with Crippen LogP contribution in [0, 0.1) is 11.3 Å². The van der Waals surface area contributed by atoms with Gasteiger partial charge in [-0.2, -0.15) is 5.26 Å². The lowest BCUT2D eigenvalue weighted by Gasteiger charge is -2.54. The van der Waals surface area contributed by atoms with Crippen LogP contribution in [-0.2, 0) is 5.54 Å². The highest BCUT2D eigenvalue weighted by Crippen LogP contribution is 2.37. The van der Waals surface area contributed by atoms with Crippen LogP contribution in [0.4, 0.5) is 0 Å². The first-order valence-corrected chi connectivity index (χ1v) is 13.1. The third kappa shape index (κ3) is 5.63. The van der Waals surface area contributed by atoms with Gasteiger partial charge in [0.2, 0.25) is 0 Å². The highest BCUT2D eigenvalue weighted by molar-refractivity contribution is 7.96. The number of rotatable bonds is 6. The molecule has 0 saturated carbocycles. The predicted octanol–water partition coefficient (Wildman–Crippen LogP) is 5.00. The highest BCUT2D eigenvalue weighted by Gasteiger charge is 2.47. The van der Waals surface area contributed by atoms with Gasteiger partial charge in [-0.1, -0.05) is 38.8 Å². The van der Waals surface area contributed by atoms with Crippen LogP contribution in [0.15, 0.2) is 54.1 Å². The van der Waals surface area contributed by atoms with Crippen LogP contribution in [0.25, 0.3) is 5.57 Å². The summed E-state index contributed by atoms with van der Waals surface area (Å²) in [5.74, 6) is 0.827. The van der Waals surface area contributed by atoms with E-state index in [1.807, 2.05) is 24.2 Å². The molecule has 0 unspecified atom stereocenters. The second kappa shape index (κ2) is 11.7. The molecule has 0 radical (unpaired) electrons. The summed E-state index contributed by atoms with van der Waals surface area (Å²) in [6.45, 7) is 14.3. The van der Waals surface area contributed by atoms with E-state index in [0.717, 1.165) is 37.6 Å². The van der Waals surface area contributed by atoms with E-state index in [1.54, 1.807) is 6.20 Å². The molecule has 1 aromatic heterocycles. The summed E-state index contributed by atoms with van der Waals surface area (Å²) in [5.41, 5.74) is 3.30. The SMILES string of the molecule is C=CNC1=NC=C/C1=C(/C)c1ccn(C2(CC#N)CN(C3CCN(SC)CC3)C2)c1.CCC. The van der Waals surface area contributed by atoms with Gasteiger partial charge in [0.25, 0.3) is 0 Å². The van der Waals surface area contributed by atoms with Gasteiger partial charge in [0.05, 0.1) is 18.0 Å². The molecule has 6 nitrogen and oxygen atoms in total. The molecular weight excluding hydrogens is 428 g/mol. The summed E-state index contributed by atoms with van der Waals surface area (Å²) in [4.78, 5) is 6.96. The van der Waals surface area contributed by atoms with Gasteiger partial charge >= 0.3 is 0 Å². The Hall–Kier alpha value is -2.27. The molecule has 0 atom stereocenters. The maximum absolute atomic E-state index is 9.53. The lowest BCUT2D eigenvalue weighted by Crippen LogP contribution is -2.65. The molecule has 2 saturated heterocycles. The van der Waals surface area contributed by atoms with Crippen molar-refractivity contribution in [2.45, 2.75) is 58.0 Å². The number of nitrogens with one attached hydrogen (secondary N) is 1. The van der Waals surface area contributed by atoms with Gasteiger partial charge in [0, 0.05) is 56.4 Å². The molecule has 4 rings (SSSR count). The second-order valence-electron chi connectivity index (χ2n) is 9.00. The van der Waals surface area contributed by atoms with Crippen molar-refractivity contribution in [1.82, 2.24) is 19.1 Å². The molecule has 4 heterocycles. The van der Waals surface area contributed by atoms with Crippen molar-refractivity contribution in [3.63, 3.8) is 0 Å². The van der Waals surface area contributed by atoms with E-state index < -0.39 is 0 Å². The van der Waals surface area contributed by atoms with Crippen LogP contribution in [0.5, 0.6) is 0 Å². The topological polar surface area (TPSA) is 59.6 Å². The van der Waals surface area contributed by atoms with Crippen molar-refractivity contribution in [1.29, 1.82) is 5.26 Å². The fourth-order valence-electron chi connectivity index (χ4n) is 4.79. The summed E-state index contributed by atoms with van der Waals surface area (Å²) in [5, 5.41) is 12.6. The number of aliphatic imine (C=N–C) groups is 1. The minimum Gasteiger partial charge on any atom is -0.347 e. The fourth-order valence-corrected chi connectivity index (χ4v) is 5.37. The maximum Gasteiger partial charge on any atom is 0.137 e. The van der Waals surface area contributed by atoms with E-state index in [1.165, 1.54) is 30.4 Å². The first-order chi connectivity index (χ1) is 16.0. The van der Waals surface area contributed by atoms with Gasteiger partial charge in [0.1, 0.15) is 5.84 Å². The Labute approximate surface area is 203 Å². The van der Waals surface area contributed by atoms with Crippen LogP contribution < -0.4 is 5.32 Å². The van der Waals surface area contributed by atoms with E-state index in [2.05, 4.69) is 82.2 Å². The quantitative estimate of drug-likeness (QED) is 0.598. The summed E-state index contributed by atoms with van der Waals surface area (Å²) < 4.78 is 4.73. The normalized spacial score (nSPS) is 22.0. The molecule has 178 valence electrons. The third-order valence-electron chi connectivity index (χ3n) is 6.62. The van der Waals surface area contributed by atoms with Crippen molar-refractivity contribution < 1.29 is 0 Å². The van der Waals surface area contributed by atoms with Crippen LogP contribution in [0.3, 0.4) is 0 Å². The number of hydrogen-bond donors (Lipinski definition) is 1. The molecule has 0 bridgehead atoms. The number of nitriles is 1. The largest absolute Gasteiger partial charge is 0.347 e. The molecule has 7 heteroatoms. The Kier molecular flexibility index (Phi) is 9.02. The number of likely N-dealkylation sites (tertiary alicyclic amines) is 1. The lowest BCUT2D eigenvalue weighted by molar-refractivity contribution is -0.0309. The fraction of sp³-hybridized carbons (Fsp3) is 0.538. The zero-order valence-electron chi connectivity index (χ0n) is 20.5. The molecule has 33 heavy (non-hydrogen) atoms. The standard InChI is InChI=1S/C23H30N6S.C3H8/c1-4-25-22-21(5-11-26-22)18(2)19-6-12-28(15-19)23(9-10-24)16-27(17-23)20-7-13-29(30-3)14-8-20;1-3-2/h4-6,11-12,15,20H,1,7-9,13-14,16-17H2,2-3H3,(H,25,26);3H2,1-2H3/b21-18+;. The van der Waals surface area contributed by atoms with Crippen LogP contribution >= 0.6 is 11.9 Å². The number of hydrogen-bond acceptors (Lipinski definition) is 6. The molecule has 0 aromatic carbocycles. The molecule has 3 aliphatic heterocycles. The molecule has 1 aromatic rings. The van der Waals surface area contributed by atoms with Gasteiger partial charge in [-0.15, -0.1) is 0 Å². The molecule has 2 fully saturated rings. The van der Waals surface area contributed by atoms with Gasteiger partial charge in [0.15, 0.2) is 0 Å². The Bertz CT molecular complexity index is 936. The second-order valence-corrected chi connectivity index (χ2v) is 9.88. The number of nitrogens with zero attached hydrogens (tertiary/aromatic N) is 5. The molecule has 0 aliphatic carbocycles. The molecule has 3 aliphatic rings. The first kappa shape index (κ1) is 25.4. The summed E-state index contributed by atoms with van der Waals surface area (Å²) in [7, 11) is 0. The Balaban J connectivity index is 0.000000968. The summed E-state index contributed by atoms with van der Waals surface area (Å²) in [6, 6.07) is 5.24. The summed E-state index contributed by atoms with van der Waals surface area (Å²) >= 11 is 1.85. The van der Waals surface area contributed by atoms with E-state index in [0.29, 0.717) is 12.5 Å². The van der Waals surface area contributed by atoms with Crippen molar-refractivity contribution in [3.05, 3.63) is 54.7 Å². The van der Waals surface area contributed by atoms with Gasteiger partial charge in [-0.05, 0) is 55.5 Å². The number of aromatic nitrogens is 1. The van der Waals surface area contributed by atoms with Crippen molar-refractivity contribution >= 4 is 23.4 Å². The van der Waals surface area contributed by atoms with Gasteiger partial charge in [-0.3, -0.25) is 9.21 Å². The lowest BCUT2D eigenvalue weighted by atomic mass is 9.83. The Morgan fingerprint density at radius 3 is 2.67 bits per heavy atom. The summed E-state index contributed by atoms with van der Waals surface area (Å²) in [6.07, 6.45) is 16.2. The number of allylic oxidation sites excluding steroid dienone is 1. The molecule has 0 spiro atoms. The highest BCUT2D eigenvalue weighted by atomic mass is 32.2. The van der Waals surface area contributed by atoms with Crippen molar-refractivity contribution in [2.75, 3.05) is 32.4 Å². The zero-order valence-corrected chi connectivity index (χ0v) is 21.4. The zero-order chi connectivity index (χ0) is 23.8. The van der Waals surface area contributed by atoms with Gasteiger partial charge < -0.3 is 9.88 Å². The number of piperidine rings is 1. The molecule has 0 amide bonds. The van der Waals surface area contributed by atoms with E-state index in [4.69, 9.17) is 0 Å². The maximum atomic E-state index is 9.53. The molecule has 1 N–H and O–H groups in total. The minimum absolute atomic E-state index is 0.115. The Morgan fingerprint density at radius 1 is 1.36 bits per heavy atom. The van der Waals surface area contributed by atoms with Crippen molar-refractivity contribution in [2.24, 2.45) is 4.99 Å². The first-order valence-electron chi connectivity index (χ1n) is 11.9. The van der Waals surface area contributed by atoms with E-state index in [9.17, 15) is 5.26 Å². The van der Waals surface area contributed by atoms with Crippen LogP contribution in [0.1, 0.15) is 52.0 Å². The monoisotopic (exact) mass is 466 g/mol. The molecular formula is C26H38N6S. The average Bonchev–Trinajstić information content (AvgIpc) is 3.47.